The first-order chi connectivity index (χ1) is 10.5. The van der Waals surface area contributed by atoms with E-state index in [1.165, 1.54) is 5.56 Å². The highest BCUT2D eigenvalue weighted by atomic mass is 16.2. The Kier molecular flexibility index (Phi) is 5.31. The number of hydrogen-bond donors (Lipinski definition) is 2. The number of nitrogens with one attached hydrogen (secondary N) is 2. The molecule has 22 heavy (non-hydrogen) atoms. The van der Waals surface area contributed by atoms with Crippen molar-refractivity contribution in [3.63, 3.8) is 0 Å². The summed E-state index contributed by atoms with van der Waals surface area (Å²) in [7, 11) is 0. The number of amides is 3. The second-order valence-electron chi connectivity index (χ2n) is 5.97. The molecule has 0 bridgehead atoms. The van der Waals surface area contributed by atoms with Crippen molar-refractivity contribution in [3.8, 4) is 0 Å². The van der Waals surface area contributed by atoms with E-state index < -0.39 is 11.9 Å². The monoisotopic (exact) mass is 302 g/mol. The van der Waals surface area contributed by atoms with Gasteiger partial charge in [0.1, 0.15) is 6.04 Å². The maximum absolute atomic E-state index is 11.9. The number of carbonyl (C=O) groups is 3. The Morgan fingerprint density at radius 3 is 2.55 bits per heavy atom. The molecule has 1 atom stereocenters. The minimum atomic E-state index is -0.589. The number of carbonyl (C=O) groups excluding carboxylic acids is 3. The predicted octanol–water partition coefficient (Wildman–Crippen LogP) is 1.66. The largest absolute Gasteiger partial charge is 0.344 e. The lowest BCUT2D eigenvalue weighted by atomic mass is 10.00. The number of imide groups is 1. The van der Waals surface area contributed by atoms with Crippen LogP contribution < -0.4 is 10.6 Å². The Morgan fingerprint density at radius 1 is 1.27 bits per heavy atom. The Hall–Kier alpha value is -2.17. The molecular formula is C17H22N2O3. The molecule has 1 aliphatic heterocycles. The van der Waals surface area contributed by atoms with Gasteiger partial charge < -0.3 is 5.32 Å². The molecule has 1 heterocycles. The summed E-state index contributed by atoms with van der Waals surface area (Å²) in [6.07, 6.45) is 1.61. The normalized spacial score (nSPS) is 18.2. The Balaban J connectivity index is 1.80. The highest BCUT2D eigenvalue weighted by Crippen LogP contribution is 2.15. The average molecular weight is 302 g/mol. The second kappa shape index (κ2) is 7.20. The molecule has 0 radical (unpaired) electrons. The van der Waals surface area contributed by atoms with Gasteiger partial charge in [-0.25, -0.2) is 0 Å². The summed E-state index contributed by atoms with van der Waals surface area (Å²) in [5.74, 6) is -0.362. The third-order valence-corrected chi connectivity index (χ3v) is 3.86. The molecule has 3 amide bonds. The fourth-order valence-corrected chi connectivity index (χ4v) is 2.42. The van der Waals surface area contributed by atoms with Crippen molar-refractivity contribution < 1.29 is 14.4 Å². The van der Waals surface area contributed by atoms with E-state index >= 15 is 0 Å². The lowest BCUT2D eigenvalue weighted by molar-refractivity contribution is -0.137. The summed E-state index contributed by atoms with van der Waals surface area (Å²) < 4.78 is 0. The summed E-state index contributed by atoms with van der Waals surface area (Å²) in [5.41, 5.74) is 2.37. The van der Waals surface area contributed by atoms with Crippen LogP contribution in [0.1, 0.15) is 50.2 Å². The minimum Gasteiger partial charge on any atom is -0.344 e. The molecule has 1 aromatic carbocycles. The Morgan fingerprint density at radius 2 is 1.95 bits per heavy atom. The average Bonchev–Trinajstić information content (AvgIpc) is 2.48. The van der Waals surface area contributed by atoms with E-state index in [0.29, 0.717) is 25.2 Å². The van der Waals surface area contributed by atoms with Gasteiger partial charge in [-0.3, -0.25) is 19.7 Å². The highest BCUT2D eigenvalue weighted by Gasteiger charge is 2.27. The van der Waals surface area contributed by atoms with Gasteiger partial charge in [-0.2, -0.15) is 0 Å². The van der Waals surface area contributed by atoms with Crippen LogP contribution in [0.4, 0.5) is 0 Å². The standard InChI is InChI=1S/C17H22N2O3/c1-11(2)13-6-3-12(4-7-13)5-9-15(20)18-14-8-10-16(21)19-17(14)22/h3-4,6-7,11,14H,5,8-10H2,1-2H3,(H,18,20)(H,19,21,22). The molecule has 5 nitrogen and oxygen atoms in total. The minimum absolute atomic E-state index is 0.164. The molecule has 0 aromatic heterocycles. The van der Waals surface area contributed by atoms with E-state index in [4.69, 9.17) is 0 Å². The van der Waals surface area contributed by atoms with Crippen LogP contribution in [0.2, 0.25) is 0 Å². The van der Waals surface area contributed by atoms with Crippen molar-refractivity contribution in [1.29, 1.82) is 0 Å². The van der Waals surface area contributed by atoms with Crippen LogP contribution in [0.5, 0.6) is 0 Å². The topological polar surface area (TPSA) is 75.3 Å². The quantitative estimate of drug-likeness (QED) is 0.812. The molecular weight excluding hydrogens is 280 g/mol. The Labute approximate surface area is 130 Å². The second-order valence-corrected chi connectivity index (χ2v) is 5.97. The number of benzene rings is 1. The summed E-state index contributed by atoms with van der Waals surface area (Å²) in [6, 6.07) is 7.65. The van der Waals surface area contributed by atoms with E-state index in [9.17, 15) is 14.4 Å². The molecule has 118 valence electrons. The van der Waals surface area contributed by atoms with Gasteiger partial charge in [-0.05, 0) is 29.9 Å². The summed E-state index contributed by atoms with van der Waals surface area (Å²) >= 11 is 0. The van der Waals surface area contributed by atoms with Gasteiger partial charge >= 0.3 is 0 Å². The molecule has 0 spiro atoms. The molecule has 0 aliphatic carbocycles. The fraction of sp³-hybridized carbons (Fsp3) is 0.471. The van der Waals surface area contributed by atoms with Crippen LogP contribution in [-0.4, -0.2) is 23.8 Å². The van der Waals surface area contributed by atoms with Crippen LogP contribution in [0.25, 0.3) is 0 Å². The lowest BCUT2D eigenvalue weighted by Crippen LogP contribution is -2.52. The van der Waals surface area contributed by atoms with Crippen LogP contribution >= 0.6 is 0 Å². The number of hydrogen-bond acceptors (Lipinski definition) is 3. The van der Waals surface area contributed by atoms with Crippen LogP contribution in [-0.2, 0) is 20.8 Å². The van der Waals surface area contributed by atoms with Crippen molar-refractivity contribution in [2.24, 2.45) is 0 Å². The van der Waals surface area contributed by atoms with Crippen molar-refractivity contribution >= 4 is 17.7 Å². The first-order valence-corrected chi connectivity index (χ1v) is 7.67. The number of piperidine rings is 1. The Bertz CT molecular complexity index is 564. The van der Waals surface area contributed by atoms with Crippen molar-refractivity contribution in [2.75, 3.05) is 0 Å². The van der Waals surface area contributed by atoms with Gasteiger partial charge in [-0.1, -0.05) is 38.1 Å². The van der Waals surface area contributed by atoms with Gasteiger partial charge in [-0.15, -0.1) is 0 Å². The molecule has 1 fully saturated rings. The first kappa shape index (κ1) is 16.2. The van der Waals surface area contributed by atoms with Crippen LogP contribution in [0, 0.1) is 0 Å². The predicted molar refractivity (Wildman–Crippen MR) is 83.2 cm³/mol. The van der Waals surface area contributed by atoms with Crippen molar-refractivity contribution in [1.82, 2.24) is 10.6 Å². The molecule has 1 unspecified atom stereocenters. The molecule has 5 heteroatoms. The third-order valence-electron chi connectivity index (χ3n) is 3.86. The lowest BCUT2D eigenvalue weighted by Gasteiger charge is -2.21. The van der Waals surface area contributed by atoms with Gasteiger partial charge in [0.2, 0.25) is 17.7 Å². The summed E-state index contributed by atoms with van der Waals surface area (Å²) in [4.78, 5) is 34.5. The van der Waals surface area contributed by atoms with E-state index in [1.54, 1.807) is 0 Å². The van der Waals surface area contributed by atoms with Gasteiger partial charge in [0.15, 0.2) is 0 Å². The molecule has 2 rings (SSSR count). The smallest absolute Gasteiger partial charge is 0.249 e. The zero-order valence-electron chi connectivity index (χ0n) is 13.0. The zero-order valence-corrected chi connectivity index (χ0v) is 13.0. The van der Waals surface area contributed by atoms with Crippen LogP contribution in [0.15, 0.2) is 24.3 Å². The number of aryl methyl sites for hydroxylation is 1. The molecule has 2 N–H and O–H groups in total. The van der Waals surface area contributed by atoms with Crippen molar-refractivity contribution in [2.45, 2.75) is 51.5 Å². The van der Waals surface area contributed by atoms with E-state index in [-0.39, 0.29) is 18.2 Å². The SMILES string of the molecule is CC(C)c1ccc(CCC(=O)NC2CCC(=O)NC2=O)cc1. The van der Waals surface area contributed by atoms with Gasteiger partial charge in [0, 0.05) is 12.8 Å². The van der Waals surface area contributed by atoms with Crippen molar-refractivity contribution in [3.05, 3.63) is 35.4 Å². The van der Waals surface area contributed by atoms with Gasteiger partial charge in [0.05, 0.1) is 0 Å². The third kappa shape index (κ3) is 4.41. The maximum atomic E-state index is 11.9. The molecule has 1 saturated heterocycles. The van der Waals surface area contributed by atoms with E-state index in [0.717, 1.165) is 5.56 Å². The fourth-order valence-electron chi connectivity index (χ4n) is 2.42. The summed E-state index contributed by atoms with van der Waals surface area (Å²) in [5, 5.41) is 4.92. The zero-order chi connectivity index (χ0) is 16.1. The van der Waals surface area contributed by atoms with Gasteiger partial charge in [0.25, 0.3) is 0 Å². The molecule has 0 saturated carbocycles. The van der Waals surface area contributed by atoms with E-state index in [2.05, 4.69) is 36.6 Å². The summed E-state index contributed by atoms with van der Waals surface area (Å²) in [6.45, 7) is 4.28. The number of rotatable bonds is 5. The highest BCUT2D eigenvalue weighted by molar-refractivity contribution is 6.01. The van der Waals surface area contributed by atoms with Crippen LogP contribution in [0.3, 0.4) is 0 Å². The molecule has 1 aromatic rings. The maximum Gasteiger partial charge on any atom is 0.249 e. The van der Waals surface area contributed by atoms with E-state index in [1.807, 2.05) is 12.1 Å². The first-order valence-electron chi connectivity index (χ1n) is 7.67. The molecule has 1 aliphatic rings.